The van der Waals surface area contributed by atoms with E-state index in [1.165, 1.54) is 6.34 Å². The van der Waals surface area contributed by atoms with Crippen LogP contribution >= 0.6 is 11.3 Å². The third-order valence-corrected chi connectivity index (χ3v) is 6.30. The largest absolute Gasteiger partial charge is 0.609 e. The van der Waals surface area contributed by atoms with Crippen LogP contribution in [-0.4, -0.2) is 44.5 Å². The predicted octanol–water partition coefficient (Wildman–Crippen LogP) is 3.19. The van der Waals surface area contributed by atoms with Gasteiger partial charge in [0.25, 0.3) is 0 Å². The van der Waals surface area contributed by atoms with E-state index in [9.17, 15) is 4.55 Å². The molecule has 1 N–H and O–H groups in total. The molecule has 1 aliphatic rings. The molecule has 4 rings (SSSR count). The van der Waals surface area contributed by atoms with Gasteiger partial charge >= 0.3 is 5.16 Å². The van der Waals surface area contributed by atoms with E-state index in [4.69, 9.17) is 4.74 Å². The Morgan fingerprint density at radius 2 is 2.15 bits per heavy atom. The number of imidazole rings is 1. The molecule has 3 heterocycles. The Morgan fingerprint density at radius 1 is 1.31 bits per heavy atom. The zero-order valence-corrected chi connectivity index (χ0v) is 15.8. The number of aliphatic imine (C=N–C) groups is 2. The summed E-state index contributed by atoms with van der Waals surface area (Å²) in [5, 5.41) is 4.37. The molecule has 3 unspecified atom stereocenters. The van der Waals surface area contributed by atoms with Gasteiger partial charge in [0.2, 0.25) is 0 Å². The van der Waals surface area contributed by atoms with Crippen LogP contribution in [0.1, 0.15) is 12.5 Å². The third-order valence-electron chi connectivity index (χ3n) is 4.33. The van der Waals surface area contributed by atoms with Gasteiger partial charge in [-0.05, 0) is 12.5 Å². The molecule has 0 spiro atoms. The highest BCUT2D eigenvalue weighted by Gasteiger charge is 2.39. The Labute approximate surface area is 158 Å². The van der Waals surface area contributed by atoms with Crippen molar-refractivity contribution in [3.8, 4) is 0 Å². The van der Waals surface area contributed by atoms with Gasteiger partial charge in [-0.1, -0.05) is 30.3 Å². The van der Waals surface area contributed by atoms with Gasteiger partial charge in [-0.3, -0.25) is 9.98 Å². The van der Waals surface area contributed by atoms with Crippen LogP contribution in [0.25, 0.3) is 11.0 Å². The van der Waals surface area contributed by atoms with Gasteiger partial charge in [-0.25, -0.2) is 4.99 Å². The van der Waals surface area contributed by atoms with Crippen LogP contribution in [0.15, 0.2) is 56.2 Å². The third kappa shape index (κ3) is 3.59. The molecule has 1 aliphatic heterocycles. The number of nitrogens with one attached hydrogen (secondary N) is 1. The number of aromatic amines is 1. The average Bonchev–Trinajstić information content (AvgIpc) is 3.25. The summed E-state index contributed by atoms with van der Waals surface area (Å²) >= 11 is 0.262. The Bertz CT molecular complexity index is 908. The number of thiophene rings is 1. The second-order valence-corrected chi connectivity index (χ2v) is 8.40. The number of H-pyrrole nitrogens is 1. The van der Waals surface area contributed by atoms with Crippen molar-refractivity contribution >= 4 is 46.1 Å². The first-order valence-electron chi connectivity index (χ1n) is 8.18. The maximum atomic E-state index is 12.8. The molecule has 134 valence electrons. The van der Waals surface area contributed by atoms with Crippen molar-refractivity contribution in [1.82, 2.24) is 9.97 Å². The Kier molecular flexibility index (Phi) is 4.90. The number of nitrogens with zero attached hydrogens (tertiary/aromatic N) is 3. The fraction of sp³-hybridized carbons (Fsp3) is 0.278. The normalized spacial score (nSPS) is 23.5. The number of hydrogen-bond donors (Lipinski definition) is 1. The lowest BCUT2D eigenvalue weighted by Crippen LogP contribution is -2.47. The molecule has 3 aromatic rings. The monoisotopic (exact) mass is 386 g/mol. The van der Waals surface area contributed by atoms with Crippen molar-refractivity contribution < 1.29 is 9.29 Å². The van der Waals surface area contributed by atoms with Crippen LogP contribution < -0.4 is 0 Å². The molecule has 2 aromatic heterocycles. The SMILES string of the molecule is CC1(OCc2ccccc2)C=NC=NC1C[S+]([O-])c1nc2cscc2[nH]1. The van der Waals surface area contributed by atoms with E-state index >= 15 is 0 Å². The maximum Gasteiger partial charge on any atom is 0.321 e. The minimum Gasteiger partial charge on any atom is -0.609 e. The van der Waals surface area contributed by atoms with Gasteiger partial charge < -0.3 is 9.29 Å². The summed E-state index contributed by atoms with van der Waals surface area (Å²) in [6.07, 6.45) is 3.24. The predicted molar refractivity (Wildman–Crippen MR) is 106 cm³/mol. The van der Waals surface area contributed by atoms with E-state index < -0.39 is 16.8 Å². The molecule has 0 amide bonds. The van der Waals surface area contributed by atoms with Crippen molar-refractivity contribution in [2.75, 3.05) is 5.75 Å². The topological polar surface area (TPSA) is 85.7 Å². The standard InChI is InChI=1S/C18H18N4O2S2/c1-18(24-7-13-5-3-2-4-6-13)11-19-12-20-16(18)10-26(23)17-21-14-8-25-9-15(14)22-17/h2-6,8-9,11-12,16H,7,10H2,1H3,(H,21,22). The Hall–Kier alpha value is -2.00. The molecule has 0 saturated heterocycles. The first kappa shape index (κ1) is 17.4. The summed E-state index contributed by atoms with van der Waals surface area (Å²) in [5.41, 5.74) is 2.11. The summed E-state index contributed by atoms with van der Waals surface area (Å²) in [6.45, 7) is 2.37. The highest BCUT2D eigenvalue weighted by atomic mass is 32.2. The van der Waals surface area contributed by atoms with Crippen LogP contribution in [0, 0.1) is 0 Å². The van der Waals surface area contributed by atoms with E-state index in [2.05, 4.69) is 20.0 Å². The second kappa shape index (κ2) is 7.32. The Morgan fingerprint density at radius 3 is 2.96 bits per heavy atom. The molecule has 0 radical (unpaired) electrons. The van der Waals surface area contributed by atoms with Crippen LogP contribution in [0.3, 0.4) is 0 Å². The number of benzene rings is 1. The maximum absolute atomic E-state index is 12.8. The lowest BCUT2D eigenvalue weighted by molar-refractivity contribution is -0.00132. The first-order chi connectivity index (χ1) is 12.6. The van der Waals surface area contributed by atoms with Gasteiger partial charge in [0.05, 0.1) is 12.1 Å². The van der Waals surface area contributed by atoms with Crippen LogP contribution in [0.5, 0.6) is 0 Å². The smallest absolute Gasteiger partial charge is 0.321 e. The van der Waals surface area contributed by atoms with E-state index in [1.54, 1.807) is 17.6 Å². The molecule has 26 heavy (non-hydrogen) atoms. The van der Waals surface area contributed by atoms with E-state index in [-0.39, 0.29) is 6.04 Å². The molecule has 0 aliphatic carbocycles. The number of ether oxygens (including phenoxy) is 1. The van der Waals surface area contributed by atoms with Crippen molar-refractivity contribution in [2.24, 2.45) is 9.98 Å². The van der Waals surface area contributed by atoms with Crippen molar-refractivity contribution in [3.63, 3.8) is 0 Å². The molecular weight excluding hydrogens is 368 g/mol. The van der Waals surface area contributed by atoms with Crippen molar-refractivity contribution in [1.29, 1.82) is 0 Å². The zero-order valence-electron chi connectivity index (χ0n) is 14.2. The fourth-order valence-electron chi connectivity index (χ4n) is 2.74. The van der Waals surface area contributed by atoms with E-state index in [1.807, 2.05) is 48.0 Å². The summed E-state index contributed by atoms with van der Waals surface area (Å²) in [6, 6.07) is 9.64. The first-order valence-corrected chi connectivity index (χ1v) is 10.4. The van der Waals surface area contributed by atoms with Gasteiger partial charge in [0.1, 0.15) is 29.3 Å². The number of rotatable bonds is 6. The highest BCUT2D eigenvalue weighted by Crippen LogP contribution is 2.25. The molecule has 0 bridgehead atoms. The minimum absolute atomic E-state index is 0.299. The van der Waals surface area contributed by atoms with E-state index in [0.29, 0.717) is 17.5 Å². The van der Waals surface area contributed by atoms with Gasteiger partial charge in [-0.15, -0.1) is 11.3 Å². The van der Waals surface area contributed by atoms with E-state index in [0.717, 1.165) is 16.6 Å². The van der Waals surface area contributed by atoms with Crippen LogP contribution in [0.4, 0.5) is 0 Å². The zero-order chi connectivity index (χ0) is 18.0. The molecule has 0 fully saturated rings. The summed E-state index contributed by atoms with van der Waals surface area (Å²) in [5.74, 6) is 0.313. The molecule has 1 aromatic carbocycles. The average molecular weight is 387 g/mol. The molecule has 3 atom stereocenters. The van der Waals surface area contributed by atoms with Gasteiger partial charge in [-0.2, -0.15) is 4.98 Å². The molecule has 6 nitrogen and oxygen atoms in total. The molecule has 8 heteroatoms. The van der Waals surface area contributed by atoms with Gasteiger partial charge in [0.15, 0.2) is 0 Å². The number of fused-ring (bicyclic) bond motifs is 1. The van der Waals surface area contributed by atoms with Gasteiger partial charge in [0, 0.05) is 28.2 Å². The van der Waals surface area contributed by atoms with Crippen molar-refractivity contribution in [3.05, 3.63) is 46.7 Å². The highest BCUT2D eigenvalue weighted by molar-refractivity contribution is 7.91. The molecule has 0 saturated carbocycles. The van der Waals surface area contributed by atoms with Crippen molar-refractivity contribution in [2.45, 2.75) is 30.3 Å². The second-order valence-electron chi connectivity index (χ2n) is 6.24. The lowest BCUT2D eigenvalue weighted by atomic mass is 9.98. The minimum atomic E-state index is -1.30. The number of aromatic nitrogens is 2. The Balaban J connectivity index is 1.47. The molecular formula is C18H18N4O2S2. The quantitative estimate of drug-likeness (QED) is 0.660. The fourth-order valence-corrected chi connectivity index (χ4v) is 4.72. The number of hydrogen-bond acceptors (Lipinski definition) is 6. The van der Waals surface area contributed by atoms with Crippen LogP contribution in [-0.2, 0) is 22.5 Å². The summed E-state index contributed by atoms with van der Waals surface area (Å²) in [4.78, 5) is 16.1. The lowest BCUT2D eigenvalue weighted by Gasteiger charge is -2.33. The summed E-state index contributed by atoms with van der Waals surface area (Å²) < 4.78 is 18.9. The summed E-state index contributed by atoms with van der Waals surface area (Å²) in [7, 11) is 0. The van der Waals surface area contributed by atoms with Crippen LogP contribution in [0.2, 0.25) is 0 Å².